The lowest BCUT2D eigenvalue weighted by Crippen LogP contribution is -2.66. The third-order valence-electron chi connectivity index (χ3n) is 7.06. The van der Waals surface area contributed by atoms with Gasteiger partial charge in [0.25, 0.3) is 0 Å². The number of hydrogen-bond acceptors (Lipinski definition) is 4. The number of fused-ring (bicyclic) bond motifs is 1. The average Bonchev–Trinajstić information content (AvgIpc) is 3.26. The van der Waals surface area contributed by atoms with Crippen LogP contribution in [0.25, 0.3) is 0 Å². The molecule has 0 bridgehead atoms. The number of nitrogens with zero attached hydrogens (tertiary/aromatic N) is 1. The first kappa shape index (κ1) is 25.0. The fraction of sp³-hybridized carbons (Fsp3) is 0.464. The molecule has 1 saturated heterocycles. The smallest absolute Gasteiger partial charge is 0.247 e. The van der Waals surface area contributed by atoms with E-state index in [1.54, 1.807) is 0 Å². The number of aliphatic hydroxyl groups is 1. The molecule has 0 saturated carbocycles. The van der Waals surface area contributed by atoms with Crippen molar-refractivity contribution >= 4 is 17.6 Å². The van der Waals surface area contributed by atoms with Crippen molar-refractivity contribution in [3.8, 4) is 0 Å². The highest BCUT2D eigenvalue weighted by Gasteiger charge is 2.49. The van der Waals surface area contributed by atoms with Gasteiger partial charge in [-0.15, -0.1) is 0 Å². The molecule has 7 heteroatoms. The zero-order chi connectivity index (χ0) is 25.1. The van der Waals surface area contributed by atoms with Gasteiger partial charge in [0.05, 0.1) is 0 Å². The van der Waals surface area contributed by atoms with Crippen molar-refractivity contribution in [3.63, 3.8) is 0 Å². The Hall–Kier alpha value is -3.06. The summed E-state index contributed by atoms with van der Waals surface area (Å²) in [5.74, 6) is -1.25. The summed E-state index contributed by atoms with van der Waals surface area (Å²) in [6.07, 6.45) is 2.06. The fourth-order valence-electron chi connectivity index (χ4n) is 5.41. The van der Waals surface area contributed by atoms with E-state index in [2.05, 4.69) is 5.32 Å². The number of amides is 2. The van der Waals surface area contributed by atoms with Crippen LogP contribution in [0.2, 0.25) is 0 Å². The molecule has 0 unspecified atom stereocenters. The van der Waals surface area contributed by atoms with E-state index in [1.165, 1.54) is 40.3 Å². The van der Waals surface area contributed by atoms with Gasteiger partial charge in [0.2, 0.25) is 11.8 Å². The highest BCUT2D eigenvalue weighted by atomic mass is 19.1. The number of Topliss-reactive ketones (excluding diaryl/α,β-unsaturated/α-hetero) is 1. The largest absolute Gasteiger partial charge is 0.396 e. The van der Waals surface area contributed by atoms with Gasteiger partial charge in [-0.05, 0) is 66.3 Å². The van der Waals surface area contributed by atoms with Crippen LogP contribution in [0.5, 0.6) is 0 Å². The lowest BCUT2D eigenvalue weighted by atomic mass is 9.86. The first-order chi connectivity index (χ1) is 16.8. The van der Waals surface area contributed by atoms with Crippen molar-refractivity contribution < 1.29 is 23.9 Å². The molecule has 0 spiro atoms. The maximum atomic E-state index is 14.1. The Kier molecular flexibility index (Phi) is 7.65. The van der Waals surface area contributed by atoms with Gasteiger partial charge in [0.1, 0.15) is 23.9 Å². The number of ketones is 1. The Bertz CT molecular complexity index is 1060. The summed E-state index contributed by atoms with van der Waals surface area (Å²) < 4.78 is 13.7. The molecule has 2 aromatic carbocycles. The molecule has 4 rings (SSSR count). The van der Waals surface area contributed by atoms with E-state index in [-0.39, 0.29) is 48.9 Å². The molecule has 1 heterocycles. The predicted octanol–water partition coefficient (Wildman–Crippen LogP) is 3.37. The Labute approximate surface area is 205 Å². The third-order valence-corrected chi connectivity index (χ3v) is 7.06. The minimum Gasteiger partial charge on any atom is -0.396 e. The van der Waals surface area contributed by atoms with E-state index >= 15 is 0 Å². The van der Waals surface area contributed by atoms with Crippen molar-refractivity contribution in [2.75, 3.05) is 6.61 Å². The first-order valence-corrected chi connectivity index (χ1v) is 12.4. The zero-order valence-electron chi connectivity index (χ0n) is 20.2. The summed E-state index contributed by atoms with van der Waals surface area (Å²) >= 11 is 0. The minimum absolute atomic E-state index is 0.0534. The molecule has 1 fully saturated rings. The standard InChI is InChI=1S/C28H33FN2O4/c1-17(2)14-23-27(34)30-25(21-15-19-6-3-4-7-20(19)16-21)28(35)31(23)26(24(33)8-5-13-32)18-9-11-22(29)12-10-18/h3-4,6-7,9-12,17,21,23,25-26,32H,5,8,13-16H2,1-2H3,(H,30,34)/t23-,25-,26-/m1/s1. The van der Waals surface area contributed by atoms with E-state index in [9.17, 15) is 23.9 Å². The molecule has 35 heavy (non-hydrogen) atoms. The number of hydrogen-bond donors (Lipinski definition) is 2. The molecule has 186 valence electrons. The van der Waals surface area contributed by atoms with Crippen LogP contribution >= 0.6 is 0 Å². The van der Waals surface area contributed by atoms with E-state index in [4.69, 9.17) is 0 Å². The molecule has 0 radical (unpaired) electrons. The summed E-state index contributed by atoms with van der Waals surface area (Å²) in [6.45, 7) is 3.78. The minimum atomic E-state index is -1.02. The molecular formula is C28H33FN2O4. The summed E-state index contributed by atoms with van der Waals surface area (Å²) in [7, 11) is 0. The molecule has 2 amide bonds. The van der Waals surface area contributed by atoms with Gasteiger partial charge in [-0.2, -0.15) is 0 Å². The van der Waals surface area contributed by atoms with Crippen molar-refractivity contribution in [2.45, 2.75) is 64.1 Å². The number of carbonyl (C=O) groups excluding carboxylic acids is 3. The van der Waals surface area contributed by atoms with Crippen LogP contribution in [0.4, 0.5) is 4.39 Å². The Morgan fingerprint density at radius 1 is 1.09 bits per heavy atom. The van der Waals surface area contributed by atoms with Gasteiger partial charge in [-0.1, -0.05) is 50.2 Å². The van der Waals surface area contributed by atoms with E-state index in [0.717, 1.165) is 0 Å². The van der Waals surface area contributed by atoms with E-state index < -0.39 is 23.9 Å². The Balaban J connectivity index is 1.73. The molecule has 3 atom stereocenters. The lowest BCUT2D eigenvalue weighted by molar-refractivity contribution is -0.157. The number of benzene rings is 2. The van der Waals surface area contributed by atoms with Crippen LogP contribution < -0.4 is 5.32 Å². The Morgan fingerprint density at radius 2 is 1.71 bits per heavy atom. The fourth-order valence-corrected chi connectivity index (χ4v) is 5.41. The van der Waals surface area contributed by atoms with Crippen molar-refractivity contribution in [2.24, 2.45) is 11.8 Å². The highest BCUT2D eigenvalue weighted by molar-refractivity contribution is 6.00. The zero-order valence-corrected chi connectivity index (χ0v) is 20.2. The van der Waals surface area contributed by atoms with Crippen molar-refractivity contribution in [1.82, 2.24) is 10.2 Å². The van der Waals surface area contributed by atoms with Gasteiger partial charge in [-0.25, -0.2) is 4.39 Å². The van der Waals surface area contributed by atoms with E-state index in [0.29, 0.717) is 24.8 Å². The van der Waals surface area contributed by atoms with Crippen LogP contribution in [0.1, 0.15) is 55.8 Å². The molecule has 2 N–H and O–H groups in total. The van der Waals surface area contributed by atoms with Crippen molar-refractivity contribution in [3.05, 3.63) is 71.0 Å². The number of nitrogens with one attached hydrogen (secondary N) is 1. The molecule has 1 aliphatic carbocycles. The van der Waals surface area contributed by atoms with Gasteiger partial charge >= 0.3 is 0 Å². The monoisotopic (exact) mass is 480 g/mol. The van der Waals surface area contributed by atoms with Crippen LogP contribution in [-0.4, -0.2) is 46.3 Å². The average molecular weight is 481 g/mol. The molecule has 1 aliphatic heterocycles. The first-order valence-electron chi connectivity index (χ1n) is 12.4. The highest BCUT2D eigenvalue weighted by Crippen LogP contribution is 2.36. The van der Waals surface area contributed by atoms with Gasteiger partial charge in [0.15, 0.2) is 5.78 Å². The second kappa shape index (κ2) is 10.7. The van der Waals surface area contributed by atoms with Crippen LogP contribution in [0.3, 0.4) is 0 Å². The number of rotatable bonds is 9. The lowest BCUT2D eigenvalue weighted by Gasteiger charge is -2.45. The van der Waals surface area contributed by atoms with Crippen molar-refractivity contribution in [1.29, 1.82) is 0 Å². The number of piperazine rings is 1. The predicted molar refractivity (Wildman–Crippen MR) is 130 cm³/mol. The van der Waals surface area contributed by atoms with Crippen LogP contribution in [0, 0.1) is 17.7 Å². The maximum Gasteiger partial charge on any atom is 0.247 e. The molecule has 0 aromatic heterocycles. The second-order valence-electron chi connectivity index (χ2n) is 10.1. The summed E-state index contributed by atoms with van der Waals surface area (Å²) in [5, 5.41) is 12.3. The quantitative estimate of drug-likeness (QED) is 0.576. The van der Waals surface area contributed by atoms with Gasteiger partial charge in [-0.3, -0.25) is 14.4 Å². The Morgan fingerprint density at radius 3 is 2.29 bits per heavy atom. The maximum absolute atomic E-state index is 14.1. The van der Waals surface area contributed by atoms with E-state index in [1.807, 2.05) is 38.1 Å². The van der Waals surface area contributed by atoms with Gasteiger partial charge < -0.3 is 15.3 Å². The summed E-state index contributed by atoms with van der Waals surface area (Å²) in [6, 6.07) is 11.0. The molecule has 2 aliphatic rings. The number of carbonyl (C=O) groups is 3. The molecular weight excluding hydrogens is 447 g/mol. The topological polar surface area (TPSA) is 86.7 Å². The van der Waals surface area contributed by atoms with Crippen LogP contribution in [0.15, 0.2) is 48.5 Å². The molecule has 6 nitrogen and oxygen atoms in total. The summed E-state index contributed by atoms with van der Waals surface area (Å²) in [5.41, 5.74) is 2.81. The summed E-state index contributed by atoms with van der Waals surface area (Å²) in [4.78, 5) is 42.4. The number of aliphatic hydroxyl groups excluding tert-OH is 1. The van der Waals surface area contributed by atoms with Crippen LogP contribution in [-0.2, 0) is 27.2 Å². The third kappa shape index (κ3) is 5.30. The SMILES string of the molecule is CC(C)C[C@@H]1C(=O)N[C@H](C2Cc3ccccc3C2)C(=O)N1[C@@H](C(=O)CCCO)c1ccc(F)cc1. The second-order valence-corrected chi connectivity index (χ2v) is 10.1. The number of halogens is 1. The normalized spacial score (nSPS) is 21.2. The van der Waals surface area contributed by atoms with Gasteiger partial charge in [0, 0.05) is 13.0 Å². The molecule has 2 aromatic rings.